The van der Waals surface area contributed by atoms with Gasteiger partial charge in [0.1, 0.15) is 5.54 Å². The summed E-state index contributed by atoms with van der Waals surface area (Å²) in [5, 5.41) is 2.72. The number of nitrogens with one attached hydrogen (secondary N) is 1. The fourth-order valence-corrected chi connectivity index (χ4v) is 2.88. The van der Waals surface area contributed by atoms with Gasteiger partial charge in [-0.2, -0.15) is 0 Å². The van der Waals surface area contributed by atoms with E-state index in [9.17, 15) is 14.4 Å². The normalized spacial score (nSPS) is 19.7. The van der Waals surface area contributed by atoms with Crippen molar-refractivity contribution < 1.29 is 23.9 Å². The van der Waals surface area contributed by atoms with Crippen LogP contribution in [0.5, 0.6) is 11.5 Å². The highest BCUT2D eigenvalue weighted by Crippen LogP contribution is 2.29. The van der Waals surface area contributed by atoms with Crippen molar-refractivity contribution in [3.05, 3.63) is 23.8 Å². The van der Waals surface area contributed by atoms with Gasteiger partial charge in [0.15, 0.2) is 17.3 Å². The molecule has 2 rings (SSSR count). The largest absolute Gasteiger partial charge is 0.493 e. The van der Waals surface area contributed by atoms with Crippen molar-refractivity contribution in [1.29, 1.82) is 0 Å². The van der Waals surface area contributed by atoms with Gasteiger partial charge in [0.2, 0.25) is 0 Å². The van der Waals surface area contributed by atoms with Crippen LogP contribution in [-0.4, -0.2) is 48.9 Å². The van der Waals surface area contributed by atoms with Gasteiger partial charge in [-0.05, 0) is 43.9 Å². The van der Waals surface area contributed by atoms with Gasteiger partial charge < -0.3 is 14.8 Å². The Morgan fingerprint density at radius 1 is 1.19 bits per heavy atom. The zero-order valence-corrected chi connectivity index (χ0v) is 15.9. The molecule has 1 aliphatic rings. The van der Waals surface area contributed by atoms with E-state index < -0.39 is 11.6 Å². The smallest absolute Gasteiger partial charge is 0.325 e. The molecule has 1 saturated heterocycles. The summed E-state index contributed by atoms with van der Waals surface area (Å²) in [6.07, 6.45) is 1.34. The summed E-state index contributed by atoms with van der Waals surface area (Å²) in [7, 11) is 2.98. The number of imide groups is 1. The number of hydrogen-bond donors (Lipinski definition) is 1. The van der Waals surface area contributed by atoms with Crippen LogP contribution < -0.4 is 14.8 Å². The monoisotopic (exact) mass is 362 g/mol. The lowest BCUT2D eigenvalue weighted by atomic mass is 9.92. The summed E-state index contributed by atoms with van der Waals surface area (Å²) in [5.74, 6) is 0.621. The molecule has 142 valence electrons. The highest BCUT2D eigenvalue weighted by molar-refractivity contribution is 6.11. The molecule has 1 fully saturated rings. The molecular formula is C19H26N2O5. The number of ketones is 1. The lowest BCUT2D eigenvalue weighted by Crippen LogP contribution is -2.44. The molecule has 0 aliphatic carbocycles. The fraction of sp³-hybridized carbons (Fsp3) is 0.526. The van der Waals surface area contributed by atoms with Gasteiger partial charge in [-0.1, -0.05) is 13.8 Å². The van der Waals surface area contributed by atoms with Crippen LogP contribution in [0.4, 0.5) is 4.79 Å². The van der Waals surface area contributed by atoms with Crippen molar-refractivity contribution in [3.8, 4) is 11.5 Å². The van der Waals surface area contributed by atoms with E-state index in [1.807, 2.05) is 0 Å². The van der Waals surface area contributed by atoms with Crippen LogP contribution in [0.15, 0.2) is 18.2 Å². The second-order valence-corrected chi connectivity index (χ2v) is 7.08. The molecule has 3 amide bonds. The van der Waals surface area contributed by atoms with E-state index >= 15 is 0 Å². The van der Waals surface area contributed by atoms with Crippen molar-refractivity contribution in [2.24, 2.45) is 5.92 Å². The summed E-state index contributed by atoms with van der Waals surface area (Å²) < 4.78 is 10.3. The predicted octanol–water partition coefficient (Wildman–Crippen LogP) is 2.63. The molecule has 1 aromatic rings. The van der Waals surface area contributed by atoms with Crippen LogP contribution in [0.2, 0.25) is 0 Å². The Hall–Kier alpha value is -2.57. The third-order valence-corrected chi connectivity index (χ3v) is 4.57. The molecular weight excluding hydrogens is 336 g/mol. The van der Waals surface area contributed by atoms with Gasteiger partial charge in [0.05, 0.1) is 20.8 Å². The van der Waals surface area contributed by atoms with Crippen molar-refractivity contribution >= 4 is 17.7 Å². The molecule has 26 heavy (non-hydrogen) atoms. The second kappa shape index (κ2) is 7.76. The van der Waals surface area contributed by atoms with Gasteiger partial charge in [-0.25, -0.2) is 4.79 Å². The summed E-state index contributed by atoms with van der Waals surface area (Å²) in [6.45, 7) is 5.51. The highest BCUT2D eigenvalue weighted by Gasteiger charge is 2.47. The number of ether oxygens (including phenoxy) is 2. The number of rotatable bonds is 8. The molecule has 1 N–H and O–H groups in total. The molecule has 0 radical (unpaired) electrons. The van der Waals surface area contributed by atoms with Crippen molar-refractivity contribution in [1.82, 2.24) is 10.2 Å². The van der Waals surface area contributed by atoms with Crippen LogP contribution in [0.1, 0.15) is 44.0 Å². The molecule has 0 spiro atoms. The number of hydrogen-bond acceptors (Lipinski definition) is 5. The third kappa shape index (κ3) is 3.98. The number of urea groups is 1. The zero-order valence-electron chi connectivity index (χ0n) is 15.9. The summed E-state index contributed by atoms with van der Waals surface area (Å²) >= 11 is 0. The van der Waals surface area contributed by atoms with Gasteiger partial charge in [0, 0.05) is 5.56 Å². The number of methoxy groups -OCH3 is 2. The van der Waals surface area contributed by atoms with Crippen molar-refractivity contribution in [3.63, 3.8) is 0 Å². The van der Waals surface area contributed by atoms with E-state index in [1.165, 1.54) is 20.3 Å². The molecule has 1 aliphatic heterocycles. The maximum Gasteiger partial charge on any atom is 0.325 e. The summed E-state index contributed by atoms with van der Waals surface area (Å²) in [6, 6.07) is 4.21. The van der Waals surface area contributed by atoms with E-state index in [0.29, 0.717) is 29.4 Å². The summed E-state index contributed by atoms with van der Waals surface area (Å²) in [4.78, 5) is 38.5. The first-order valence-electron chi connectivity index (χ1n) is 8.61. The zero-order chi connectivity index (χ0) is 19.5. The van der Waals surface area contributed by atoms with Crippen LogP contribution >= 0.6 is 0 Å². The predicted molar refractivity (Wildman–Crippen MR) is 96.6 cm³/mol. The van der Waals surface area contributed by atoms with Crippen molar-refractivity contribution in [2.75, 3.05) is 20.8 Å². The van der Waals surface area contributed by atoms with Crippen LogP contribution in [-0.2, 0) is 4.79 Å². The first-order valence-corrected chi connectivity index (χ1v) is 8.61. The Labute approximate surface area is 153 Å². The van der Waals surface area contributed by atoms with Gasteiger partial charge in [0.25, 0.3) is 5.91 Å². The molecule has 0 saturated carbocycles. The first kappa shape index (κ1) is 19.8. The first-order chi connectivity index (χ1) is 12.2. The average Bonchev–Trinajstić information content (AvgIpc) is 2.82. The minimum atomic E-state index is -0.959. The third-order valence-electron chi connectivity index (χ3n) is 4.57. The van der Waals surface area contributed by atoms with E-state index in [4.69, 9.17) is 9.47 Å². The number of benzene rings is 1. The van der Waals surface area contributed by atoms with Crippen LogP contribution in [0, 0.1) is 5.92 Å². The minimum Gasteiger partial charge on any atom is -0.493 e. The van der Waals surface area contributed by atoms with E-state index in [1.54, 1.807) is 19.1 Å². The molecule has 1 atom stereocenters. The quantitative estimate of drug-likeness (QED) is 0.568. The Kier molecular flexibility index (Phi) is 5.90. The van der Waals surface area contributed by atoms with Gasteiger partial charge in [-0.15, -0.1) is 0 Å². The number of carbonyl (C=O) groups is 3. The topological polar surface area (TPSA) is 84.9 Å². The number of Topliss-reactive ketones (excluding diaryl/α,β-unsaturated/α-hetero) is 1. The molecule has 0 aromatic heterocycles. The number of carbonyl (C=O) groups excluding carboxylic acids is 3. The van der Waals surface area contributed by atoms with Gasteiger partial charge in [-0.3, -0.25) is 14.5 Å². The van der Waals surface area contributed by atoms with Gasteiger partial charge >= 0.3 is 6.03 Å². The Morgan fingerprint density at radius 3 is 2.42 bits per heavy atom. The maximum atomic E-state index is 12.7. The number of nitrogens with zero attached hydrogens (tertiary/aromatic N) is 1. The Morgan fingerprint density at radius 2 is 1.85 bits per heavy atom. The standard InChI is InChI=1S/C19H26N2O5/c1-12(2)8-9-19(3)17(23)21(18(24)20-19)11-14(22)13-6-7-15(25-4)16(10-13)26-5/h6-7,10,12H,8-9,11H2,1-5H3,(H,20,24)/t19-/m0/s1. The van der Waals surface area contributed by atoms with E-state index in [0.717, 1.165) is 11.3 Å². The number of amides is 3. The second-order valence-electron chi connectivity index (χ2n) is 7.08. The van der Waals surface area contributed by atoms with Crippen molar-refractivity contribution in [2.45, 2.75) is 39.2 Å². The van der Waals surface area contributed by atoms with E-state index in [-0.39, 0.29) is 18.2 Å². The average molecular weight is 362 g/mol. The Bertz CT molecular complexity index is 716. The van der Waals surface area contributed by atoms with Crippen LogP contribution in [0.3, 0.4) is 0 Å². The minimum absolute atomic E-state index is 0.308. The maximum absolute atomic E-state index is 12.7. The van der Waals surface area contributed by atoms with Crippen LogP contribution in [0.25, 0.3) is 0 Å². The van der Waals surface area contributed by atoms with E-state index in [2.05, 4.69) is 19.2 Å². The molecule has 1 aromatic carbocycles. The Balaban J connectivity index is 2.14. The highest BCUT2D eigenvalue weighted by atomic mass is 16.5. The lowest BCUT2D eigenvalue weighted by Gasteiger charge is -2.22. The molecule has 0 unspecified atom stereocenters. The summed E-state index contributed by atoms with van der Waals surface area (Å²) in [5.41, 5.74) is -0.613. The SMILES string of the molecule is COc1ccc(C(=O)CN2C(=O)N[C@@](C)(CCC(C)C)C2=O)cc1OC. The lowest BCUT2D eigenvalue weighted by molar-refractivity contribution is -0.130. The molecule has 7 nitrogen and oxygen atoms in total. The molecule has 1 heterocycles. The molecule has 7 heteroatoms. The molecule has 0 bridgehead atoms. The fourth-order valence-electron chi connectivity index (χ4n) is 2.88.